The van der Waals surface area contributed by atoms with Crippen LogP contribution in [-0.2, 0) is 9.53 Å². The maximum Gasteiger partial charge on any atom is 0.343 e. The summed E-state index contributed by atoms with van der Waals surface area (Å²) in [5.41, 5.74) is 1.11. The van der Waals surface area contributed by atoms with Gasteiger partial charge in [0.25, 0.3) is 5.91 Å². The zero-order chi connectivity index (χ0) is 18.0. The molecule has 2 N–H and O–H groups in total. The Morgan fingerprint density at radius 3 is 2.52 bits per heavy atom. The number of aryl methyl sites for hydroxylation is 1. The van der Waals surface area contributed by atoms with E-state index in [9.17, 15) is 19.1 Å². The Hall–Kier alpha value is -2.89. The molecule has 0 spiro atoms. The van der Waals surface area contributed by atoms with Crippen LogP contribution in [0.25, 0.3) is 0 Å². The van der Waals surface area contributed by atoms with Crippen molar-refractivity contribution in [2.45, 2.75) is 31.9 Å². The summed E-state index contributed by atoms with van der Waals surface area (Å²) in [5, 5.41) is 12.6. The van der Waals surface area contributed by atoms with Crippen molar-refractivity contribution in [3.8, 4) is 5.75 Å². The van der Waals surface area contributed by atoms with Crippen LogP contribution < -0.4 is 5.32 Å². The van der Waals surface area contributed by atoms with Crippen LogP contribution in [0.5, 0.6) is 5.75 Å². The van der Waals surface area contributed by atoms with Gasteiger partial charge in [0.2, 0.25) is 6.10 Å². The van der Waals surface area contributed by atoms with Crippen LogP contribution >= 0.6 is 0 Å². The number of amides is 1. The highest BCUT2D eigenvalue weighted by molar-refractivity contribution is 5.95. The van der Waals surface area contributed by atoms with Crippen LogP contribution in [0.1, 0.15) is 40.4 Å². The fourth-order valence-electron chi connectivity index (χ4n) is 2.40. The number of phenolic OH excluding ortho intramolecular Hbond substituents is 1. The zero-order valence-electron chi connectivity index (χ0n) is 13.7. The van der Waals surface area contributed by atoms with E-state index in [1.54, 1.807) is 13.0 Å². The molecule has 25 heavy (non-hydrogen) atoms. The van der Waals surface area contributed by atoms with E-state index in [4.69, 9.17) is 4.74 Å². The van der Waals surface area contributed by atoms with E-state index in [1.165, 1.54) is 36.4 Å². The first kappa shape index (κ1) is 17.0. The van der Waals surface area contributed by atoms with Crippen LogP contribution in [-0.4, -0.2) is 23.0 Å². The van der Waals surface area contributed by atoms with E-state index in [1.807, 2.05) is 0 Å². The molecule has 1 unspecified atom stereocenters. The zero-order valence-corrected chi connectivity index (χ0v) is 13.7. The number of rotatable bonds is 5. The minimum absolute atomic E-state index is 0.0219. The van der Waals surface area contributed by atoms with Crippen molar-refractivity contribution in [1.29, 1.82) is 0 Å². The molecular weight excluding hydrogens is 325 g/mol. The first-order valence-corrected chi connectivity index (χ1v) is 8.00. The van der Waals surface area contributed by atoms with Crippen molar-refractivity contribution in [2.75, 3.05) is 0 Å². The standard InChI is InChI=1S/C19H18FNO4/c1-11-2-9-16(22)15(10-11)19(24)25-17(18(23)21-14-7-8-14)12-3-5-13(20)6-4-12/h2-6,9-10,14,17,22H,7-8H2,1H3,(H,21,23). The summed E-state index contributed by atoms with van der Waals surface area (Å²) in [7, 11) is 0. The molecule has 6 heteroatoms. The van der Waals surface area contributed by atoms with Gasteiger partial charge in [0.15, 0.2) is 0 Å². The highest BCUT2D eigenvalue weighted by atomic mass is 19.1. The molecule has 1 fully saturated rings. The van der Waals surface area contributed by atoms with Crippen molar-refractivity contribution >= 4 is 11.9 Å². The molecule has 1 aliphatic carbocycles. The second-order valence-corrected chi connectivity index (χ2v) is 6.14. The molecule has 0 aliphatic heterocycles. The molecule has 1 amide bonds. The van der Waals surface area contributed by atoms with Gasteiger partial charge in [-0.05, 0) is 44.0 Å². The smallest absolute Gasteiger partial charge is 0.343 e. The number of hydrogen-bond donors (Lipinski definition) is 2. The van der Waals surface area contributed by atoms with Gasteiger partial charge in [-0.15, -0.1) is 0 Å². The Bertz CT molecular complexity index is 800. The highest BCUT2D eigenvalue weighted by Crippen LogP contribution is 2.26. The predicted octanol–water partition coefficient (Wildman–Crippen LogP) is 3.02. The van der Waals surface area contributed by atoms with Crippen LogP contribution in [0, 0.1) is 12.7 Å². The van der Waals surface area contributed by atoms with Crippen molar-refractivity contribution < 1.29 is 23.8 Å². The number of ether oxygens (including phenoxy) is 1. The summed E-state index contributed by atoms with van der Waals surface area (Å²) in [5.74, 6) is -1.96. The van der Waals surface area contributed by atoms with Crippen molar-refractivity contribution in [3.63, 3.8) is 0 Å². The van der Waals surface area contributed by atoms with Gasteiger partial charge in [-0.3, -0.25) is 4.79 Å². The average molecular weight is 343 g/mol. The molecule has 0 saturated heterocycles. The summed E-state index contributed by atoms with van der Waals surface area (Å²) in [6, 6.07) is 9.81. The van der Waals surface area contributed by atoms with Gasteiger partial charge in [0.1, 0.15) is 17.1 Å². The number of carbonyl (C=O) groups excluding carboxylic acids is 2. The number of aromatic hydroxyl groups is 1. The maximum atomic E-state index is 13.2. The van der Waals surface area contributed by atoms with Gasteiger partial charge in [-0.25, -0.2) is 9.18 Å². The van der Waals surface area contributed by atoms with Gasteiger partial charge in [-0.2, -0.15) is 0 Å². The molecule has 1 saturated carbocycles. The third-order valence-corrected chi connectivity index (χ3v) is 3.93. The largest absolute Gasteiger partial charge is 0.507 e. The van der Waals surface area contributed by atoms with Crippen LogP contribution in [0.2, 0.25) is 0 Å². The maximum absolute atomic E-state index is 13.2. The molecule has 1 atom stereocenters. The molecule has 1 aliphatic rings. The topological polar surface area (TPSA) is 75.6 Å². The third-order valence-electron chi connectivity index (χ3n) is 3.93. The quantitative estimate of drug-likeness (QED) is 0.819. The molecular formula is C19H18FNO4. The van der Waals surface area contributed by atoms with Crippen molar-refractivity contribution in [3.05, 3.63) is 65.0 Å². The molecule has 3 rings (SSSR count). The first-order chi connectivity index (χ1) is 11.9. The number of phenols is 1. The lowest BCUT2D eigenvalue weighted by molar-refractivity contribution is -0.130. The molecule has 0 heterocycles. The predicted molar refractivity (Wildman–Crippen MR) is 88.6 cm³/mol. The van der Waals surface area contributed by atoms with Crippen LogP contribution in [0.4, 0.5) is 4.39 Å². The molecule has 0 aromatic heterocycles. The van der Waals surface area contributed by atoms with Crippen LogP contribution in [0.15, 0.2) is 42.5 Å². The summed E-state index contributed by atoms with van der Waals surface area (Å²) < 4.78 is 18.5. The van der Waals surface area contributed by atoms with E-state index in [2.05, 4.69) is 5.32 Å². The van der Waals surface area contributed by atoms with Gasteiger partial charge in [0, 0.05) is 11.6 Å². The fraction of sp³-hybridized carbons (Fsp3) is 0.263. The van der Waals surface area contributed by atoms with Crippen molar-refractivity contribution in [2.24, 2.45) is 0 Å². The number of carbonyl (C=O) groups is 2. The van der Waals surface area contributed by atoms with E-state index in [0.717, 1.165) is 18.4 Å². The molecule has 2 aromatic carbocycles. The van der Waals surface area contributed by atoms with Crippen molar-refractivity contribution in [1.82, 2.24) is 5.32 Å². The number of nitrogens with one attached hydrogen (secondary N) is 1. The molecule has 0 radical (unpaired) electrons. The Morgan fingerprint density at radius 1 is 1.20 bits per heavy atom. The highest BCUT2D eigenvalue weighted by Gasteiger charge is 2.31. The average Bonchev–Trinajstić information content (AvgIpc) is 3.39. The Kier molecular flexibility index (Phi) is 4.70. The lowest BCUT2D eigenvalue weighted by Crippen LogP contribution is -2.33. The second-order valence-electron chi connectivity index (χ2n) is 6.14. The normalized spacial score (nSPS) is 14.6. The van der Waals surface area contributed by atoms with Crippen LogP contribution in [0.3, 0.4) is 0 Å². The van der Waals surface area contributed by atoms with E-state index in [-0.39, 0.29) is 17.4 Å². The third kappa shape index (κ3) is 4.15. The summed E-state index contributed by atoms with van der Waals surface area (Å²) in [6.45, 7) is 1.77. The molecule has 5 nitrogen and oxygen atoms in total. The summed E-state index contributed by atoms with van der Waals surface area (Å²) in [4.78, 5) is 24.9. The molecule has 2 aromatic rings. The number of hydrogen-bond acceptors (Lipinski definition) is 4. The minimum Gasteiger partial charge on any atom is -0.507 e. The Balaban J connectivity index is 1.85. The Labute approximate surface area is 144 Å². The lowest BCUT2D eigenvalue weighted by atomic mass is 10.1. The van der Waals surface area contributed by atoms with Gasteiger partial charge < -0.3 is 15.2 Å². The number of benzene rings is 2. The lowest BCUT2D eigenvalue weighted by Gasteiger charge is -2.18. The Morgan fingerprint density at radius 2 is 1.88 bits per heavy atom. The molecule has 0 bridgehead atoms. The number of esters is 1. The van der Waals surface area contributed by atoms with E-state index in [0.29, 0.717) is 5.56 Å². The van der Waals surface area contributed by atoms with Gasteiger partial charge >= 0.3 is 5.97 Å². The second kappa shape index (κ2) is 6.93. The fourth-order valence-corrected chi connectivity index (χ4v) is 2.40. The monoisotopic (exact) mass is 343 g/mol. The first-order valence-electron chi connectivity index (χ1n) is 8.00. The van der Waals surface area contributed by atoms with Gasteiger partial charge in [-0.1, -0.05) is 23.8 Å². The summed E-state index contributed by atoms with van der Waals surface area (Å²) >= 11 is 0. The molecule has 130 valence electrons. The summed E-state index contributed by atoms with van der Waals surface area (Å²) in [6.07, 6.45) is 0.553. The number of halogens is 1. The van der Waals surface area contributed by atoms with E-state index >= 15 is 0 Å². The minimum atomic E-state index is -1.21. The van der Waals surface area contributed by atoms with Gasteiger partial charge in [0.05, 0.1) is 0 Å². The van der Waals surface area contributed by atoms with E-state index < -0.39 is 23.8 Å². The SMILES string of the molecule is Cc1ccc(O)c(C(=O)OC(C(=O)NC2CC2)c2ccc(F)cc2)c1.